The summed E-state index contributed by atoms with van der Waals surface area (Å²) in [6.07, 6.45) is 0. The van der Waals surface area contributed by atoms with E-state index in [1.165, 1.54) is 0 Å². The molecule has 0 aliphatic carbocycles. The maximum absolute atomic E-state index is 5.57. The molecule has 0 amide bonds. The van der Waals surface area contributed by atoms with Crippen LogP contribution in [0.5, 0.6) is 5.75 Å². The molecule has 19 heavy (non-hydrogen) atoms. The number of thiophene rings is 1. The summed E-state index contributed by atoms with van der Waals surface area (Å²) in [5, 5.41) is 3.06. The maximum Gasteiger partial charge on any atom is 0.149 e. The number of aromatic nitrogens is 1. The number of nitrogens with two attached hydrogens (primary N) is 1. The molecule has 0 fully saturated rings. The first-order valence-corrected chi connectivity index (χ1v) is 6.69. The Labute approximate surface area is 114 Å². The van der Waals surface area contributed by atoms with Crippen LogP contribution in [0.2, 0.25) is 0 Å². The number of hydrogen-bond acceptors (Lipinski definition) is 5. The smallest absolute Gasteiger partial charge is 0.149 e. The van der Waals surface area contributed by atoms with Gasteiger partial charge in [0.2, 0.25) is 0 Å². The van der Waals surface area contributed by atoms with E-state index < -0.39 is 0 Å². The van der Waals surface area contributed by atoms with Crippen LogP contribution in [-0.2, 0) is 0 Å². The average Bonchev–Trinajstić information content (AvgIpc) is 2.99. The lowest BCUT2D eigenvalue weighted by atomic mass is 10.1. The van der Waals surface area contributed by atoms with E-state index in [0.717, 1.165) is 27.1 Å². The summed E-state index contributed by atoms with van der Waals surface area (Å²) in [7, 11) is 1.66. The molecule has 96 valence electrons. The standard InChI is InChI=1S/C14H13N3OS/c1-18-10-4-5-12-9(7-10)8-11(14(16-12)17-15)13-3-2-6-19-13/h2-8H,15H2,1H3,(H,16,17). The number of pyridine rings is 1. The third-order valence-corrected chi connectivity index (χ3v) is 3.85. The minimum Gasteiger partial charge on any atom is -0.497 e. The molecular formula is C14H13N3OS. The zero-order chi connectivity index (χ0) is 13.2. The van der Waals surface area contributed by atoms with E-state index in [4.69, 9.17) is 10.6 Å². The first kappa shape index (κ1) is 12.0. The van der Waals surface area contributed by atoms with Gasteiger partial charge in [0.1, 0.15) is 11.6 Å². The number of hydrazine groups is 1. The second-order valence-corrected chi connectivity index (χ2v) is 5.01. The van der Waals surface area contributed by atoms with E-state index in [1.54, 1.807) is 18.4 Å². The first-order valence-electron chi connectivity index (χ1n) is 5.81. The molecule has 0 aliphatic heterocycles. The Morgan fingerprint density at radius 3 is 2.84 bits per heavy atom. The summed E-state index contributed by atoms with van der Waals surface area (Å²) in [5.74, 6) is 7.07. The summed E-state index contributed by atoms with van der Waals surface area (Å²) in [6, 6.07) is 11.9. The van der Waals surface area contributed by atoms with Gasteiger partial charge >= 0.3 is 0 Å². The predicted octanol–water partition coefficient (Wildman–Crippen LogP) is 3.26. The van der Waals surface area contributed by atoms with Crippen molar-refractivity contribution in [3.8, 4) is 16.2 Å². The Morgan fingerprint density at radius 1 is 1.26 bits per heavy atom. The minimum atomic E-state index is 0.681. The number of benzene rings is 1. The molecule has 0 aliphatic rings. The Morgan fingerprint density at radius 2 is 2.16 bits per heavy atom. The normalized spacial score (nSPS) is 10.6. The quantitative estimate of drug-likeness (QED) is 0.567. The molecule has 0 saturated heterocycles. The van der Waals surface area contributed by atoms with Gasteiger partial charge in [-0.15, -0.1) is 11.3 Å². The molecular weight excluding hydrogens is 258 g/mol. The fourth-order valence-electron chi connectivity index (χ4n) is 2.01. The van der Waals surface area contributed by atoms with Crippen molar-refractivity contribution in [1.82, 2.24) is 4.98 Å². The van der Waals surface area contributed by atoms with Crippen LogP contribution in [0.3, 0.4) is 0 Å². The highest BCUT2D eigenvalue weighted by molar-refractivity contribution is 7.13. The van der Waals surface area contributed by atoms with E-state index in [1.807, 2.05) is 29.6 Å². The van der Waals surface area contributed by atoms with E-state index in [9.17, 15) is 0 Å². The Balaban J connectivity index is 2.25. The van der Waals surface area contributed by atoms with Gasteiger partial charge in [0.25, 0.3) is 0 Å². The van der Waals surface area contributed by atoms with Crippen molar-refractivity contribution in [2.45, 2.75) is 0 Å². The van der Waals surface area contributed by atoms with Gasteiger partial charge in [-0.05, 0) is 35.7 Å². The van der Waals surface area contributed by atoms with Gasteiger partial charge in [-0.25, -0.2) is 10.8 Å². The molecule has 0 saturated carbocycles. The number of anilines is 1. The Bertz CT molecular complexity index is 710. The van der Waals surface area contributed by atoms with Crippen molar-refractivity contribution in [2.24, 2.45) is 5.84 Å². The fourth-order valence-corrected chi connectivity index (χ4v) is 2.75. The highest BCUT2D eigenvalue weighted by Crippen LogP contribution is 2.33. The Hall–Kier alpha value is -2.11. The molecule has 1 aromatic carbocycles. The molecule has 5 heteroatoms. The van der Waals surface area contributed by atoms with Crippen molar-refractivity contribution in [2.75, 3.05) is 12.5 Å². The first-order chi connectivity index (χ1) is 9.31. The third-order valence-electron chi connectivity index (χ3n) is 2.95. The number of fused-ring (bicyclic) bond motifs is 1. The third kappa shape index (κ3) is 2.14. The van der Waals surface area contributed by atoms with Crippen molar-refractivity contribution in [3.63, 3.8) is 0 Å². The van der Waals surface area contributed by atoms with E-state index in [0.29, 0.717) is 5.82 Å². The zero-order valence-corrected chi connectivity index (χ0v) is 11.2. The molecule has 0 spiro atoms. The SMILES string of the molecule is COc1ccc2nc(NN)c(-c3cccs3)cc2c1. The highest BCUT2D eigenvalue weighted by Gasteiger charge is 2.09. The molecule has 2 heterocycles. The number of hydrogen-bond donors (Lipinski definition) is 2. The molecule has 3 N–H and O–H groups in total. The number of nitrogen functional groups attached to an aromatic ring is 1. The largest absolute Gasteiger partial charge is 0.497 e. The number of nitrogens with one attached hydrogen (secondary N) is 1. The van der Waals surface area contributed by atoms with Crippen LogP contribution in [0.25, 0.3) is 21.3 Å². The van der Waals surface area contributed by atoms with Gasteiger partial charge in [-0.2, -0.15) is 0 Å². The molecule has 3 rings (SSSR count). The van der Waals surface area contributed by atoms with Crippen molar-refractivity contribution in [1.29, 1.82) is 0 Å². The molecule has 4 nitrogen and oxygen atoms in total. The molecule has 0 atom stereocenters. The lowest BCUT2D eigenvalue weighted by molar-refractivity contribution is 0.415. The van der Waals surface area contributed by atoms with Crippen LogP contribution in [0.4, 0.5) is 5.82 Å². The lowest BCUT2D eigenvalue weighted by Crippen LogP contribution is -2.09. The van der Waals surface area contributed by atoms with Gasteiger partial charge < -0.3 is 10.2 Å². The summed E-state index contributed by atoms with van der Waals surface area (Å²) >= 11 is 1.66. The molecule has 0 bridgehead atoms. The Kier molecular flexibility index (Phi) is 3.06. The van der Waals surface area contributed by atoms with Crippen LogP contribution < -0.4 is 16.0 Å². The second-order valence-electron chi connectivity index (χ2n) is 4.06. The van der Waals surface area contributed by atoms with Crippen LogP contribution in [0.15, 0.2) is 41.8 Å². The van der Waals surface area contributed by atoms with E-state index >= 15 is 0 Å². The van der Waals surface area contributed by atoms with Gasteiger partial charge in [0.05, 0.1) is 12.6 Å². The molecule has 0 radical (unpaired) electrons. The summed E-state index contributed by atoms with van der Waals surface area (Å²) < 4.78 is 5.24. The van der Waals surface area contributed by atoms with E-state index in [-0.39, 0.29) is 0 Å². The maximum atomic E-state index is 5.57. The minimum absolute atomic E-state index is 0.681. The number of nitrogens with zero attached hydrogens (tertiary/aromatic N) is 1. The van der Waals surface area contributed by atoms with Gasteiger partial charge in [-0.3, -0.25) is 0 Å². The fraction of sp³-hybridized carbons (Fsp3) is 0.0714. The molecule has 2 aromatic heterocycles. The van der Waals surface area contributed by atoms with Crippen LogP contribution >= 0.6 is 11.3 Å². The predicted molar refractivity (Wildman–Crippen MR) is 79.4 cm³/mol. The monoisotopic (exact) mass is 271 g/mol. The highest BCUT2D eigenvalue weighted by atomic mass is 32.1. The van der Waals surface area contributed by atoms with Crippen LogP contribution in [0.1, 0.15) is 0 Å². The van der Waals surface area contributed by atoms with Crippen LogP contribution in [0, 0.1) is 0 Å². The zero-order valence-electron chi connectivity index (χ0n) is 10.4. The van der Waals surface area contributed by atoms with Gasteiger partial charge in [0, 0.05) is 15.8 Å². The number of ether oxygens (including phenoxy) is 1. The van der Waals surface area contributed by atoms with Crippen molar-refractivity contribution < 1.29 is 4.74 Å². The number of methoxy groups -OCH3 is 1. The van der Waals surface area contributed by atoms with Crippen molar-refractivity contribution >= 4 is 28.1 Å². The molecule has 3 aromatic rings. The van der Waals surface area contributed by atoms with Gasteiger partial charge in [0.15, 0.2) is 0 Å². The average molecular weight is 271 g/mol. The van der Waals surface area contributed by atoms with Crippen molar-refractivity contribution in [3.05, 3.63) is 41.8 Å². The summed E-state index contributed by atoms with van der Waals surface area (Å²) in [5.41, 5.74) is 4.55. The molecule has 0 unspecified atom stereocenters. The second kappa shape index (κ2) is 4.87. The topological polar surface area (TPSA) is 60.2 Å². The summed E-state index contributed by atoms with van der Waals surface area (Å²) in [6.45, 7) is 0. The van der Waals surface area contributed by atoms with E-state index in [2.05, 4.69) is 22.5 Å². The lowest BCUT2D eigenvalue weighted by Gasteiger charge is -2.09. The summed E-state index contributed by atoms with van der Waals surface area (Å²) in [4.78, 5) is 5.67. The van der Waals surface area contributed by atoms with Crippen LogP contribution in [-0.4, -0.2) is 12.1 Å². The van der Waals surface area contributed by atoms with Gasteiger partial charge in [-0.1, -0.05) is 6.07 Å². The number of rotatable bonds is 3.